The van der Waals surface area contributed by atoms with E-state index >= 15 is 0 Å². The number of carbonyl (C=O) groups excluding carboxylic acids is 4. The highest BCUT2D eigenvalue weighted by Crippen LogP contribution is 2.28. The lowest BCUT2D eigenvalue weighted by Crippen LogP contribution is -2.45. The van der Waals surface area contributed by atoms with Crippen LogP contribution in [0.25, 0.3) is 0 Å². The van der Waals surface area contributed by atoms with Gasteiger partial charge in [-0.25, -0.2) is 9.59 Å². The number of tetrazole rings is 1. The summed E-state index contributed by atoms with van der Waals surface area (Å²) in [4.78, 5) is 53.2. The molecule has 2 aromatic rings. The number of Topliss-reactive ketones (excluding diaryl/α,β-unsaturated/α-hetero) is 1. The van der Waals surface area contributed by atoms with Crippen LogP contribution < -0.4 is 10.2 Å². The smallest absolute Gasteiger partial charge is 0.408 e. The number of hydrogen-bond donors (Lipinski definition) is 1. The van der Waals surface area contributed by atoms with E-state index in [1.165, 1.54) is 0 Å². The van der Waals surface area contributed by atoms with Crippen molar-refractivity contribution < 1.29 is 33.4 Å². The van der Waals surface area contributed by atoms with E-state index in [9.17, 15) is 19.2 Å². The molecule has 2 atom stereocenters. The van der Waals surface area contributed by atoms with Crippen LogP contribution in [0.2, 0.25) is 0 Å². The number of carbonyl (C=O) groups is 4. The van der Waals surface area contributed by atoms with E-state index in [0.29, 0.717) is 19.4 Å². The Morgan fingerprint density at radius 1 is 1.10 bits per heavy atom. The summed E-state index contributed by atoms with van der Waals surface area (Å²) in [5.41, 5.74) is -0.0546. The van der Waals surface area contributed by atoms with Crippen molar-refractivity contribution in [1.29, 1.82) is 0 Å². The number of hydrogen-bond acceptors (Lipinski definition) is 11. The van der Waals surface area contributed by atoms with Gasteiger partial charge in [-0.2, -0.15) is 4.80 Å². The summed E-state index contributed by atoms with van der Waals surface area (Å²) in [7, 11) is 0. The molecule has 16 heteroatoms. The topological polar surface area (TPSA) is 155 Å². The number of anilines is 1. The van der Waals surface area contributed by atoms with Crippen molar-refractivity contribution in [2.45, 2.75) is 74.7 Å². The Hall–Kier alpha value is -3.16. The molecule has 1 amide bonds. The van der Waals surface area contributed by atoms with Gasteiger partial charge < -0.3 is 24.4 Å². The lowest BCUT2D eigenvalue weighted by Gasteiger charge is -2.22. The van der Waals surface area contributed by atoms with Gasteiger partial charge in [0, 0.05) is 6.54 Å². The fraction of sp³-hybridized carbons (Fsp3) is 0.560. The number of ether oxygens (including phenoxy) is 3. The Bertz CT molecular complexity index is 1220. The van der Waals surface area contributed by atoms with E-state index in [1.807, 2.05) is 6.07 Å². The molecule has 2 heterocycles. The van der Waals surface area contributed by atoms with Gasteiger partial charge in [-0.05, 0) is 44.4 Å². The fourth-order valence-corrected chi connectivity index (χ4v) is 4.03. The minimum Gasteiger partial charge on any atom is -0.460 e. The SMILES string of the molecule is CC(C)(C)OC(=O)CC(NC(=O)OCc1ccccc1)C(=O)Cn1nnc(N2CCC[C@@H]2C(=O)OCC(Cl)(Cl)Cl)n1. The van der Waals surface area contributed by atoms with Crippen LogP contribution in [0.4, 0.5) is 10.7 Å². The standard InChI is InChI=1S/C25H31Cl3N6O7/c1-24(2,3)41-20(36)12-17(29-23(38)39-14-16-8-5-4-6-9-16)19(35)13-34-31-22(30-32-34)33-11-7-10-18(33)21(37)40-15-25(26,27)28/h4-6,8-9,17-18H,7,10-15H2,1-3H3,(H,29,38)/t17?,18-/m1/s1. The molecule has 1 fully saturated rings. The number of esters is 2. The summed E-state index contributed by atoms with van der Waals surface area (Å²) in [6, 6.07) is 6.94. The fourth-order valence-electron chi connectivity index (χ4n) is 3.87. The molecular formula is C25H31Cl3N6O7. The molecule has 0 spiro atoms. The molecule has 1 aromatic heterocycles. The molecule has 0 bridgehead atoms. The van der Waals surface area contributed by atoms with Crippen LogP contribution in [-0.4, -0.2) is 78.7 Å². The number of alkyl halides is 3. The Morgan fingerprint density at radius 3 is 2.46 bits per heavy atom. The van der Waals surface area contributed by atoms with Crippen molar-refractivity contribution in [2.24, 2.45) is 0 Å². The maximum atomic E-state index is 13.2. The zero-order valence-corrected chi connectivity index (χ0v) is 25.0. The van der Waals surface area contributed by atoms with Crippen LogP contribution in [0.3, 0.4) is 0 Å². The van der Waals surface area contributed by atoms with Crippen molar-refractivity contribution in [3.05, 3.63) is 35.9 Å². The van der Waals surface area contributed by atoms with Crippen LogP contribution in [0.5, 0.6) is 0 Å². The average Bonchev–Trinajstić information content (AvgIpc) is 3.54. The van der Waals surface area contributed by atoms with E-state index in [4.69, 9.17) is 49.0 Å². The Kier molecular flexibility index (Phi) is 11.2. The first-order chi connectivity index (χ1) is 19.2. The second-order valence-corrected chi connectivity index (χ2v) is 12.7. The number of nitrogens with one attached hydrogen (secondary N) is 1. The molecule has 13 nitrogen and oxygen atoms in total. The number of benzene rings is 1. The molecule has 1 aromatic carbocycles. The second-order valence-electron chi connectivity index (χ2n) is 10.2. The van der Waals surface area contributed by atoms with Crippen LogP contribution >= 0.6 is 34.8 Å². The normalized spacial score (nSPS) is 16.1. The zero-order valence-electron chi connectivity index (χ0n) is 22.7. The monoisotopic (exact) mass is 632 g/mol. The molecular weight excluding hydrogens is 603 g/mol. The number of amides is 1. The lowest BCUT2D eigenvalue weighted by atomic mass is 10.1. The van der Waals surface area contributed by atoms with Crippen molar-refractivity contribution in [1.82, 2.24) is 25.5 Å². The maximum Gasteiger partial charge on any atom is 0.408 e. The van der Waals surface area contributed by atoms with E-state index in [1.54, 1.807) is 49.9 Å². The first kappa shape index (κ1) is 32.4. The average molecular weight is 634 g/mol. The molecule has 1 aliphatic heterocycles. The predicted molar refractivity (Wildman–Crippen MR) is 148 cm³/mol. The largest absolute Gasteiger partial charge is 0.460 e. The highest BCUT2D eigenvalue weighted by Gasteiger charge is 2.36. The molecule has 0 radical (unpaired) electrons. The summed E-state index contributed by atoms with van der Waals surface area (Å²) >= 11 is 17.0. The molecule has 1 unspecified atom stereocenters. The first-order valence-electron chi connectivity index (χ1n) is 12.7. The van der Waals surface area contributed by atoms with Crippen LogP contribution in [0.1, 0.15) is 45.6 Å². The van der Waals surface area contributed by atoms with Gasteiger partial charge in [0.25, 0.3) is 5.95 Å². The minimum absolute atomic E-state index is 0.0326. The van der Waals surface area contributed by atoms with Gasteiger partial charge in [0.1, 0.15) is 37.4 Å². The Labute approximate surface area is 251 Å². The van der Waals surface area contributed by atoms with Gasteiger partial charge >= 0.3 is 18.0 Å². The highest BCUT2D eigenvalue weighted by molar-refractivity contribution is 6.67. The van der Waals surface area contributed by atoms with Crippen LogP contribution in [-0.2, 0) is 41.7 Å². The molecule has 0 saturated carbocycles. The molecule has 1 N–H and O–H groups in total. The summed E-state index contributed by atoms with van der Waals surface area (Å²) in [5, 5.41) is 14.5. The molecule has 1 saturated heterocycles. The molecule has 1 aliphatic rings. The number of halogens is 3. The number of rotatable bonds is 11. The Balaban J connectivity index is 1.65. The lowest BCUT2D eigenvalue weighted by molar-refractivity contribution is -0.156. The quantitative estimate of drug-likeness (QED) is 0.220. The van der Waals surface area contributed by atoms with Crippen LogP contribution in [0.15, 0.2) is 30.3 Å². The molecule has 0 aliphatic carbocycles. The highest BCUT2D eigenvalue weighted by atomic mass is 35.6. The third-order valence-corrected chi connectivity index (χ3v) is 5.91. The van der Waals surface area contributed by atoms with Gasteiger partial charge in [-0.15, -0.1) is 5.10 Å². The van der Waals surface area contributed by atoms with Gasteiger partial charge in [0.2, 0.25) is 3.79 Å². The number of aromatic nitrogens is 4. The van der Waals surface area contributed by atoms with Gasteiger partial charge in [-0.3, -0.25) is 9.59 Å². The molecule has 3 rings (SSSR count). The van der Waals surface area contributed by atoms with Gasteiger partial charge in [-0.1, -0.05) is 70.2 Å². The van der Waals surface area contributed by atoms with E-state index in [0.717, 1.165) is 10.4 Å². The van der Waals surface area contributed by atoms with Crippen molar-refractivity contribution in [3.63, 3.8) is 0 Å². The zero-order chi connectivity index (χ0) is 30.2. The first-order valence-corrected chi connectivity index (χ1v) is 13.8. The summed E-state index contributed by atoms with van der Waals surface area (Å²) in [6.45, 7) is 4.60. The predicted octanol–water partition coefficient (Wildman–Crippen LogP) is 3.15. The maximum absolute atomic E-state index is 13.2. The van der Waals surface area contributed by atoms with E-state index < -0.39 is 64.9 Å². The third kappa shape index (κ3) is 11.0. The second kappa shape index (κ2) is 14.1. The Morgan fingerprint density at radius 2 is 1.80 bits per heavy atom. The molecule has 41 heavy (non-hydrogen) atoms. The summed E-state index contributed by atoms with van der Waals surface area (Å²) in [6.07, 6.45) is -0.231. The third-order valence-electron chi connectivity index (χ3n) is 5.58. The van der Waals surface area contributed by atoms with Gasteiger partial charge in [0.15, 0.2) is 5.78 Å². The van der Waals surface area contributed by atoms with Crippen molar-refractivity contribution in [2.75, 3.05) is 18.1 Å². The van der Waals surface area contributed by atoms with Crippen molar-refractivity contribution >= 4 is 64.6 Å². The summed E-state index contributed by atoms with van der Waals surface area (Å²) in [5.74, 6) is -1.82. The number of alkyl carbamates (subject to hydrolysis) is 1. The van der Waals surface area contributed by atoms with E-state index in [-0.39, 0.29) is 12.6 Å². The number of nitrogens with zero attached hydrogens (tertiary/aromatic N) is 5. The van der Waals surface area contributed by atoms with Crippen molar-refractivity contribution in [3.8, 4) is 0 Å². The van der Waals surface area contributed by atoms with E-state index in [2.05, 4.69) is 20.7 Å². The van der Waals surface area contributed by atoms with Gasteiger partial charge in [0.05, 0.1) is 6.42 Å². The summed E-state index contributed by atoms with van der Waals surface area (Å²) < 4.78 is 13.9. The number of ketones is 1. The molecule has 224 valence electrons. The van der Waals surface area contributed by atoms with Crippen LogP contribution in [0, 0.1) is 0 Å². The minimum atomic E-state index is -1.75.